The van der Waals surface area contributed by atoms with Crippen molar-refractivity contribution in [1.82, 2.24) is 9.97 Å². The van der Waals surface area contributed by atoms with Crippen LogP contribution < -0.4 is 10.3 Å². The van der Waals surface area contributed by atoms with Crippen molar-refractivity contribution in [2.45, 2.75) is 44.4 Å². The van der Waals surface area contributed by atoms with Crippen molar-refractivity contribution >= 4 is 11.0 Å². The molecule has 0 spiro atoms. The van der Waals surface area contributed by atoms with Crippen LogP contribution >= 0.6 is 0 Å². The molecule has 0 radical (unpaired) electrons. The molecule has 1 aromatic carbocycles. The van der Waals surface area contributed by atoms with E-state index < -0.39 is 23.1 Å². The third-order valence-corrected chi connectivity index (χ3v) is 7.00. The van der Waals surface area contributed by atoms with Crippen molar-refractivity contribution in [3.05, 3.63) is 34.2 Å². The highest BCUT2D eigenvalue weighted by Crippen LogP contribution is 2.59. The first-order valence-corrected chi connectivity index (χ1v) is 9.93. The maximum Gasteiger partial charge on any atom is 0.298 e. The lowest BCUT2D eigenvalue weighted by Gasteiger charge is -2.16. The topological polar surface area (TPSA) is 55.0 Å². The van der Waals surface area contributed by atoms with Gasteiger partial charge in [0.15, 0.2) is 5.69 Å². The first kappa shape index (κ1) is 17.1. The van der Waals surface area contributed by atoms with Gasteiger partial charge in [0.25, 0.3) is 11.5 Å². The van der Waals surface area contributed by atoms with Crippen molar-refractivity contribution in [2.75, 3.05) is 7.11 Å². The Hall–Kier alpha value is -1.98. The summed E-state index contributed by atoms with van der Waals surface area (Å²) in [7, 11) is 1.51. The minimum atomic E-state index is -3.18. The Kier molecular flexibility index (Phi) is 3.82. The highest BCUT2D eigenvalue weighted by atomic mass is 19.3. The molecule has 144 valence electrons. The summed E-state index contributed by atoms with van der Waals surface area (Å²) in [6, 6.07) is 4.85. The molecule has 0 saturated heterocycles. The van der Waals surface area contributed by atoms with Gasteiger partial charge >= 0.3 is 0 Å². The van der Waals surface area contributed by atoms with Gasteiger partial charge in [-0.1, -0.05) is 0 Å². The number of rotatable bonds is 6. The minimum Gasteiger partial charge on any atom is -0.497 e. The van der Waals surface area contributed by atoms with E-state index in [1.807, 2.05) is 0 Å². The lowest BCUT2D eigenvalue weighted by atomic mass is 9.95. The fraction of sp³-hybridized carbons (Fsp3) is 0.619. The van der Waals surface area contributed by atoms with Crippen LogP contribution in [0.3, 0.4) is 0 Å². The van der Waals surface area contributed by atoms with E-state index in [-0.39, 0.29) is 5.92 Å². The van der Waals surface area contributed by atoms with Crippen LogP contribution in [0.2, 0.25) is 0 Å². The normalized spacial score (nSPS) is 31.7. The second kappa shape index (κ2) is 6.01. The second-order valence-corrected chi connectivity index (χ2v) is 8.60. The molecule has 4 unspecified atom stereocenters. The molecule has 0 bridgehead atoms. The van der Waals surface area contributed by atoms with Gasteiger partial charge in [0.2, 0.25) is 0 Å². The van der Waals surface area contributed by atoms with Crippen LogP contribution in [-0.2, 0) is 5.92 Å². The maximum atomic E-state index is 15.0. The maximum absolute atomic E-state index is 15.0. The Morgan fingerprint density at radius 1 is 1.22 bits per heavy atom. The first-order chi connectivity index (χ1) is 13.0. The van der Waals surface area contributed by atoms with E-state index in [2.05, 4.69) is 9.97 Å². The van der Waals surface area contributed by atoms with Gasteiger partial charge in [0, 0.05) is 12.0 Å². The molecule has 6 heteroatoms. The molecule has 5 atom stereocenters. The van der Waals surface area contributed by atoms with Gasteiger partial charge in [-0.3, -0.25) is 4.79 Å². The average Bonchev–Trinajstić information content (AvgIpc) is 3.57. The number of nitrogens with one attached hydrogen (secondary N) is 1. The van der Waals surface area contributed by atoms with E-state index in [9.17, 15) is 4.79 Å². The molecule has 4 nitrogen and oxygen atoms in total. The van der Waals surface area contributed by atoms with Crippen LogP contribution in [0.15, 0.2) is 23.0 Å². The van der Waals surface area contributed by atoms with Gasteiger partial charge in [0.1, 0.15) is 5.75 Å². The molecule has 3 aliphatic carbocycles. The van der Waals surface area contributed by atoms with Crippen molar-refractivity contribution in [2.24, 2.45) is 29.6 Å². The number of hydrogen-bond donors (Lipinski definition) is 1. The summed E-state index contributed by atoms with van der Waals surface area (Å²) in [5, 5.41) is 0. The zero-order valence-corrected chi connectivity index (χ0v) is 15.4. The number of aromatic nitrogens is 2. The van der Waals surface area contributed by atoms with Crippen molar-refractivity contribution < 1.29 is 13.5 Å². The molecule has 3 fully saturated rings. The van der Waals surface area contributed by atoms with Gasteiger partial charge in [-0.15, -0.1) is 0 Å². The predicted molar refractivity (Wildman–Crippen MR) is 98.0 cm³/mol. The second-order valence-electron chi connectivity index (χ2n) is 8.60. The molecule has 0 amide bonds. The summed E-state index contributed by atoms with van der Waals surface area (Å²) >= 11 is 0. The first-order valence-electron chi connectivity index (χ1n) is 9.93. The van der Waals surface area contributed by atoms with Crippen molar-refractivity contribution in [3.63, 3.8) is 0 Å². The van der Waals surface area contributed by atoms with Gasteiger partial charge in [-0.25, -0.2) is 4.98 Å². The Bertz CT molecular complexity index is 941. The summed E-state index contributed by atoms with van der Waals surface area (Å²) in [4.78, 5) is 18.9. The fourth-order valence-corrected chi connectivity index (χ4v) is 5.21. The van der Waals surface area contributed by atoms with Crippen LogP contribution in [0.1, 0.15) is 44.2 Å². The van der Waals surface area contributed by atoms with E-state index in [1.165, 1.54) is 26.4 Å². The summed E-state index contributed by atoms with van der Waals surface area (Å²) in [6.45, 7) is 0. The molecule has 3 aliphatic rings. The number of benzene rings is 1. The van der Waals surface area contributed by atoms with E-state index in [4.69, 9.17) is 4.74 Å². The van der Waals surface area contributed by atoms with Crippen LogP contribution in [-0.4, -0.2) is 17.1 Å². The number of halogens is 2. The average molecular weight is 374 g/mol. The van der Waals surface area contributed by atoms with Gasteiger partial charge in [-0.2, -0.15) is 8.78 Å². The molecule has 3 saturated carbocycles. The summed E-state index contributed by atoms with van der Waals surface area (Å²) < 4.78 is 35.1. The Morgan fingerprint density at radius 2 is 2.04 bits per heavy atom. The van der Waals surface area contributed by atoms with Gasteiger partial charge in [-0.05, 0) is 74.3 Å². The van der Waals surface area contributed by atoms with E-state index >= 15 is 8.78 Å². The Morgan fingerprint density at radius 3 is 2.74 bits per heavy atom. The smallest absolute Gasteiger partial charge is 0.298 e. The lowest BCUT2D eigenvalue weighted by molar-refractivity contribution is -0.0397. The highest BCUT2D eigenvalue weighted by molar-refractivity contribution is 5.75. The van der Waals surface area contributed by atoms with Gasteiger partial charge in [0.05, 0.1) is 18.1 Å². The third-order valence-electron chi connectivity index (χ3n) is 7.00. The third kappa shape index (κ3) is 2.93. The zero-order valence-electron chi connectivity index (χ0n) is 15.4. The van der Waals surface area contributed by atoms with E-state index in [0.29, 0.717) is 23.2 Å². The summed E-state index contributed by atoms with van der Waals surface area (Å²) in [6.07, 6.45) is 6.39. The molecule has 2 aromatic rings. The van der Waals surface area contributed by atoms with Crippen molar-refractivity contribution in [1.29, 1.82) is 0 Å². The molecule has 27 heavy (non-hydrogen) atoms. The molecular weight excluding hydrogens is 350 g/mol. The molecule has 0 aliphatic heterocycles. The van der Waals surface area contributed by atoms with Gasteiger partial charge < -0.3 is 9.72 Å². The Labute approximate surface area is 156 Å². The summed E-state index contributed by atoms with van der Waals surface area (Å²) in [5.74, 6) is -0.795. The number of fused-ring (bicyclic) bond motifs is 2. The SMILES string of the molecule is COc1ccc2nc(C(F)(F)C3CC3CC[C@H]3CCC4CC43)c(=O)[nH]c2c1. The number of methoxy groups -OCH3 is 1. The van der Waals surface area contributed by atoms with Crippen LogP contribution in [0.5, 0.6) is 5.75 Å². The highest BCUT2D eigenvalue weighted by Gasteiger charge is 2.58. The monoisotopic (exact) mass is 374 g/mol. The zero-order chi connectivity index (χ0) is 18.8. The summed E-state index contributed by atoms with van der Waals surface area (Å²) in [5.41, 5.74) is -0.682. The Balaban J connectivity index is 1.32. The number of ether oxygens (including phenoxy) is 1. The number of H-pyrrole nitrogens is 1. The van der Waals surface area contributed by atoms with Crippen LogP contribution in [0.4, 0.5) is 8.78 Å². The minimum absolute atomic E-state index is 0.0190. The molecule has 1 heterocycles. The van der Waals surface area contributed by atoms with Crippen molar-refractivity contribution in [3.8, 4) is 5.75 Å². The van der Waals surface area contributed by atoms with Crippen LogP contribution in [0, 0.1) is 29.6 Å². The molecular formula is C21H24F2N2O2. The van der Waals surface area contributed by atoms with E-state index in [1.54, 1.807) is 18.2 Å². The molecule has 1 N–H and O–H groups in total. The number of hydrogen-bond acceptors (Lipinski definition) is 3. The predicted octanol–water partition coefficient (Wildman–Crippen LogP) is 4.49. The number of alkyl halides is 2. The van der Waals surface area contributed by atoms with E-state index in [0.717, 1.165) is 30.6 Å². The molecule has 5 rings (SSSR count). The molecule has 1 aromatic heterocycles. The quantitative estimate of drug-likeness (QED) is 0.811. The largest absolute Gasteiger partial charge is 0.497 e. The van der Waals surface area contributed by atoms with Crippen LogP contribution in [0.25, 0.3) is 11.0 Å². The fourth-order valence-electron chi connectivity index (χ4n) is 5.21. The lowest BCUT2D eigenvalue weighted by Crippen LogP contribution is -2.29. The number of nitrogens with zero attached hydrogens (tertiary/aromatic N) is 1. The number of aromatic amines is 1. The standard InChI is InChI=1S/C21H24F2N2O2/c1-27-14-6-7-17-18(10-14)25-20(26)19(24-17)21(22,23)16-9-13(16)5-3-11-2-4-12-8-15(11)12/h6-7,10-13,15-16H,2-5,8-9H2,1H3,(H,25,26)/t11-,12?,13?,15?,16?/m1/s1.